The molecule has 0 spiro atoms. The van der Waals surface area contributed by atoms with Gasteiger partial charge in [0.15, 0.2) is 15.8 Å². The molecule has 0 atom stereocenters. The maximum atomic E-state index is 12.5. The molecule has 0 radical (unpaired) electrons. The fourth-order valence-electron chi connectivity index (χ4n) is 2.30. The Labute approximate surface area is 180 Å². The Morgan fingerprint density at radius 2 is 1.68 bits per heavy atom. The number of benzene rings is 2. The van der Waals surface area contributed by atoms with Crippen molar-refractivity contribution < 1.29 is 21.9 Å². The van der Waals surface area contributed by atoms with Gasteiger partial charge in [-0.25, -0.2) is 8.42 Å². The Balaban J connectivity index is 0.00000392. The molecule has 0 fully saturated rings. The lowest BCUT2D eigenvalue weighted by atomic mass is 10.2. The minimum absolute atomic E-state index is 0. The van der Waals surface area contributed by atoms with E-state index in [0.717, 1.165) is 11.8 Å². The molecule has 0 unspecified atom stereocenters. The largest absolute Gasteiger partial charge is 0.434 e. The zero-order valence-electron chi connectivity index (χ0n) is 15.4. The third-order valence-corrected chi connectivity index (χ3v) is 4.80. The molecule has 10 heteroatoms. The molecular formula is C18H22F2IN3O3S. The molecule has 2 aromatic rings. The van der Waals surface area contributed by atoms with Gasteiger partial charge in [-0.1, -0.05) is 30.3 Å². The standard InChI is InChI=1S/C18H21F2N3O3S.HI/c1-21-18(22-11-13-7-9-15(10-8-13)27(2,24)25)23-12-14-5-3-4-6-16(14)26-17(19)20;/h3-10,17H,11-12H2,1-2H3,(H2,21,22,23);1H. The highest BCUT2D eigenvalue weighted by Crippen LogP contribution is 2.19. The maximum Gasteiger partial charge on any atom is 0.387 e. The highest BCUT2D eigenvalue weighted by atomic mass is 127. The highest BCUT2D eigenvalue weighted by Gasteiger charge is 2.10. The summed E-state index contributed by atoms with van der Waals surface area (Å²) in [6.07, 6.45) is 1.15. The number of para-hydroxylation sites is 1. The van der Waals surface area contributed by atoms with E-state index in [2.05, 4.69) is 20.4 Å². The summed E-state index contributed by atoms with van der Waals surface area (Å²) in [7, 11) is -1.64. The fourth-order valence-corrected chi connectivity index (χ4v) is 2.93. The molecule has 0 aliphatic carbocycles. The average Bonchev–Trinajstić information content (AvgIpc) is 2.62. The second-order valence-corrected chi connectivity index (χ2v) is 7.70. The predicted molar refractivity (Wildman–Crippen MR) is 115 cm³/mol. The van der Waals surface area contributed by atoms with Gasteiger partial charge >= 0.3 is 6.61 Å². The van der Waals surface area contributed by atoms with Crippen molar-refractivity contribution in [3.8, 4) is 5.75 Å². The number of rotatable bonds is 7. The quantitative estimate of drug-likeness (QED) is 0.330. The van der Waals surface area contributed by atoms with Crippen LogP contribution < -0.4 is 15.4 Å². The van der Waals surface area contributed by atoms with E-state index in [-0.39, 0.29) is 41.2 Å². The van der Waals surface area contributed by atoms with Gasteiger partial charge in [-0.3, -0.25) is 4.99 Å². The minimum atomic E-state index is -3.23. The summed E-state index contributed by atoms with van der Waals surface area (Å²) < 4.78 is 52.4. The van der Waals surface area contributed by atoms with Gasteiger partial charge in [-0.15, -0.1) is 24.0 Å². The number of alkyl halides is 2. The number of nitrogens with zero attached hydrogens (tertiary/aromatic N) is 1. The Morgan fingerprint density at radius 1 is 1.07 bits per heavy atom. The van der Waals surface area contributed by atoms with Crippen LogP contribution in [-0.2, 0) is 22.9 Å². The van der Waals surface area contributed by atoms with E-state index in [0.29, 0.717) is 18.1 Å². The Kier molecular flexibility index (Phi) is 9.59. The van der Waals surface area contributed by atoms with Crippen molar-refractivity contribution in [1.29, 1.82) is 0 Å². The summed E-state index contributed by atoms with van der Waals surface area (Å²) >= 11 is 0. The summed E-state index contributed by atoms with van der Waals surface area (Å²) in [5.41, 5.74) is 1.44. The summed E-state index contributed by atoms with van der Waals surface area (Å²) in [5.74, 6) is 0.570. The SMILES string of the molecule is CN=C(NCc1ccc(S(C)(=O)=O)cc1)NCc1ccccc1OC(F)F.I. The van der Waals surface area contributed by atoms with Gasteiger partial charge in [0, 0.05) is 32.0 Å². The number of sulfone groups is 1. The van der Waals surface area contributed by atoms with E-state index in [1.165, 1.54) is 6.07 Å². The van der Waals surface area contributed by atoms with Crippen molar-refractivity contribution in [3.63, 3.8) is 0 Å². The average molecular weight is 525 g/mol. The molecule has 0 bridgehead atoms. The number of guanidine groups is 1. The van der Waals surface area contributed by atoms with Crippen LogP contribution in [0.5, 0.6) is 5.75 Å². The molecule has 0 saturated carbocycles. The normalized spacial score (nSPS) is 11.7. The third-order valence-electron chi connectivity index (χ3n) is 3.67. The van der Waals surface area contributed by atoms with E-state index in [4.69, 9.17) is 0 Å². The lowest BCUT2D eigenvalue weighted by Crippen LogP contribution is -2.36. The van der Waals surface area contributed by atoms with Crippen molar-refractivity contribution in [2.24, 2.45) is 4.99 Å². The summed E-state index contributed by atoms with van der Waals surface area (Å²) in [4.78, 5) is 4.33. The van der Waals surface area contributed by atoms with Crippen LogP contribution in [0.15, 0.2) is 58.4 Å². The Hall–Kier alpha value is -1.95. The van der Waals surface area contributed by atoms with Gasteiger partial charge in [0.2, 0.25) is 0 Å². The summed E-state index contributed by atoms with van der Waals surface area (Å²) in [5, 5.41) is 6.10. The molecule has 0 aliphatic heterocycles. The first kappa shape index (κ1) is 24.1. The second-order valence-electron chi connectivity index (χ2n) is 5.68. The monoisotopic (exact) mass is 525 g/mol. The van der Waals surface area contributed by atoms with E-state index in [9.17, 15) is 17.2 Å². The predicted octanol–water partition coefficient (Wildman–Crippen LogP) is 3.17. The van der Waals surface area contributed by atoms with Gasteiger partial charge in [-0.2, -0.15) is 8.78 Å². The molecule has 28 heavy (non-hydrogen) atoms. The zero-order chi connectivity index (χ0) is 19.9. The lowest BCUT2D eigenvalue weighted by molar-refractivity contribution is -0.0504. The molecule has 0 aromatic heterocycles. The van der Waals surface area contributed by atoms with Crippen molar-refractivity contribution in [2.75, 3.05) is 13.3 Å². The van der Waals surface area contributed by atoms with Crippen LogP contribution in [0.2, 0.25) is 0 Å². The number of nitrogens with one attached hydrogen (secondary N) is 2. The van der Waals surface area contributed by atoms with Crippen LogP contribution in [0.25, 0.3) is 0 Å². The molecule has 2 aromatic carbocycles. The number of hydrogen-bond acceptors (Lipinski definition) is 4. The molecule has 0 aliphatic rings. The van der Waals surface area contributed by atoms with E-state index in [1.807, 2.05) is 0 Å². The number of hydrogen-bond donors (Lipinski definition) is 2. The van der Waals surface area contributed by atoms with Crippen molar-refractivity contribution in [3.05, 3.63) is 59.7 Å². The molecule has 2 N–H and O–H groups in total. The minimum Gasteiger partial charge on any atom is -0.434 e. The number of aliphatic imine (C=N–C) groups is 1. The first-order chi connectivity index (χ1) is 12.8. The number of halogens is 3. The Morgan fingerprint density at radius 3 is 2.25 bits per heavy atom. The molecular weight excluding hydrogens is 503 g/mol. The van der Waals surface area contributed by atoms with Gasteiger partial charge in [0.05, 0.1) is 4.90 Å². The summed E-state index contributed by atoms with van der Waals surface area (Å²) in [6, 6.07) is 13.0. The first-order valence-corrected chi connectivity index (χ1v) is 9.95. The van der Waals surface area contributed by atoms with Crippen LogP contribution >= 0.6 is 24.0 Å². The van der Waals surface area contributed by atoms with Gasteiger partial charge in [0.1, 0.15) is 5.75 Å². The van der Waals surface area contributed by atoms with E-state index in [1.54, 1.807) is 49.5 Å². The van der Waals surface area contributed by atoms with Gasteiger partial charge in [-0.05, 0) is 23.8 Å². The van der Waals surface area contributed by atoms with Crippen molar-refractivity contribution in [2.45, 2.75) is 24.6 Å². The van der Waals surface area contributed by atoms with Crippen LogP contribution in [0.1, 0.15) is 11.1 Å². The molecule has 154 valence electrons. The Bertz CT molecular complexity index is 891. The van der Waals surface area contributed by atoms with Gasteiger partial charge < -0.3 is 15.4 Å². The molecule has 0 amide bonds. The van der Waals surface area contributed by atoms with Crippen molar-refractivity contribution in [1.82, 2.24) is 10.6 Å². The summed E-state index contributed by atoms with van der Waals surface area (Å²) in [6.45, 7) is -2.23. The fraction of sp³-hybridized carbons (Fsp3) is 0.278. The van der Waals surface area contributed by atoms with Crippen LogP contribution in [-0.4, -0.2) is 34.3 Å². The van der Waals surface area contributed by atoms with Crippen LogP contribution in [0.4, 0.5) is 8.78 Å². The van der Waals surface area contributed by atoms with E-state index < -0.39 is 16.4 Å². The van der Waals surface area contributed by atoms with Crippen LogP contribution in [0, 0.1) is 0 Å². The molecule has 6 nitrogen and oxygen atoms in total. The topological polar surface area (TPSA) is 79.8 Å². The number of ether oxygens (including phenoxy) is 1. The lowest BCUT2D eigenvalue weighted by Gasteiger charge is -2.14. The molecule has 0 heterocycles. The third kappa shape index (κ3) is 7.58. The first-order valence-electron chi connectivity index (χ1n) is 8.06. The van der Waals surface area contributed by atoms with E-state index >= 15 is 0 Å². The molecule has 2 rings (SSSR count). The zero-order valence-corrected chi connectivity index (χ0v) is 18.5. The van der Waals surface area contributed by atoms with Crippen molar-refractivity contribution >= 4 is 39.8 Å². The smallest absolute Gasteiger partial charge is 0.387 e. The maximum absolute atomic E-state index is 12.5. The second kappa shape index (κ2) is 11.1. The van der Waals surface area contributed by atoms with Crippen LogP contribution in [0.3, 0.4) is 0 Å². The molecule has 0 saturated heterocycles. The van der Waals surface area contributed by atoms with Gasteiger partial charge in [0.25, 0.3) is 0 Å². The highest BCUT2D eigenvalue weighted by molar-refractivity contribution is 14.0.